The van der Waals surface area contributed by atoms with Crippen LogP contribution < -0.4 is 25.4 Å². The van der Waals surface area contributed by atoms with Gasteiger partial charge in [-0.05, 0) is 60.0 Å². The van der Waals surface area contributed by atoms with Crippen LogP contribution in [0.4, 0.5) is 22.9 Å². The Bertz CT molecular complexity index is 1760. The Hall–Kier alpha value is -5.16. The van der Waals surface area contributed by atoms with Crippen LogP contribution >= 0.6 is 0 Å². The Labute approximate surface area is 255 Å². The second kappa shape index (κ2) is 12.6. The first kappa shape index (κ1) is 30.3. The smallest absolute Gasteiger partial charge is 0.274 e. The normalized spacial score (nSPS) is 12.5. The first-order chi connectivity index (χ1) is 21.1. The molecule has 3 heterocycles. The van der Waals surface area contributed by atoms with E-state index in [0.717, 1.165) is 11.3 Å². The fourth-order valence-corrected chi connectivity index (χ4v) is 5.15. The Morgan fingerprint density at radius 1 is 1.05 bits per heavy atom. The SMILES string of the molecule is CN(C)C(=O)COc1ccc(Nc2cc(-c3cccc(N4CCc5cc(N(C)C)ccc5C4=O)c3CO)cn(C)c2=O)nc1. The number of aliphatic hydroxyl groups excluding tert-OH is 1. The first-order valence-corrected chi connectivity index (χ1v) is 14.2. The average molecular weight is 597 g/mol. The maximum atomic E-state index is 13.6. The van der Waals surface area contributed by atoms with Crippen LogP contribution in [0.5, 0.6) is 5.75 Å². The Kier molecular flexibility index (Phi) is 8.68. The third-order valence-corrected chi connectivity index (χ3v) is 7.64. The molecule has 4 aromatic rings. The molecule has 0 bridgehead atoms. The summed E-state index contributed by atoms with van der Waals surface area (Å²) in [5.74, 6) is 0.546. The molecule has 11 heteroatoms. The largest absolute Gasteiger partial charge is 0.482 e. The van der Waals surface area contributed by atoms with E-state index in [4.69, 9.17) is 4.74 Å². The molecule has 0 unspecified atom stereocenters. The molecule has 0 radical (unpaired) electrons. The van der Waals surface area contributed by atoms with Crippen LogP contribution in [0.3, 0.4) is 0 Å². The zero-order chi connectivity index (χ0) is 31.5. The van der Waals surface area contributed by atoms with Crippen molar-refractivity contribution < 1.29 is 19.4 Å². The number of amides is 2. The van der Waals surface area contributed by atoms with Gasteiger partial charge in [0.25, 0.3) is 17.4 Å². The fourth-order valence-electron chi connectivity index (χ4n) is 5.15. The number of likely N-dealkylation sites (N-methyl/N-ethyl adjacent to an activating group) is 1. The summed E-state index contributed by atoms with van der Waals surface area (Å²) >= 11 is 0. The van der Waals surface area contributed by atoms with Crippen molar-refractivity contribution in [2.75, 3.05) is 56.5 Å². The number of ether oxygens (including phenoxy) is 1. The number of aryl methyl sites for hydroxylation is 1. The van der Waals surface area contributed by atoms with Gasteiger partial charge in [0, 0.05) is 70.4 Å². The number of nitrogens with zero attached hydrogens (tertiary/aromatic N) is 5. The van der Waals surface area contributed by atoms with E-state index >= 15 is 0 Å². The number of carbonyl (C=O) groups excluding carboxylic acids is 2. The van der Waals surface area contributed by atoms with E-state index in [-0.39, 0.29) is 36.3 Å². The molecule has 2 aromatic heterocycles. The molecule has 0 aliphatic carbocycles. The first-order valence-electron chi connectivity index (χ1n) is 14.2. The monoisotopic (exact) mass is 596 g/mol. The van der Waals surface area contributed by atoms with E-state index in [1.807, 2.05) is 49.3 Å². The molecule has 0 saturated carbocycles. The van der Waals surface area contributed by atoms with Crippen molar-refractivity contribution >= 4 is 34.7 Å². The Morgan fingerprint density at radius 3 is 2.52 bits per heavy atom. The zero-order valence-corrected chi connectivity index (χ0v) is 25.5. The van der Waals surface area contributed by atoms with E-state index in [9.17, 15) is 19.5 Å². The van der Waals surface area contributed by atoms with Crippen LogP contribution in [0.2, 0.25) is 0 Å². The minimum Gasteiger partial charge on any atom is -0.482 e. The molecular weight excluding hydrogens is 560 g/mol. The number of pyridine rings is 2. The van der Waals surface area contributed by atoms with Crippen molar-refractivity contribution in [3.05, 3.63) is 94.0 Å². The van der Waals surface area contributed by atoms with Gasteiger partial charge in [-0.1, -0.05) is 12.1 Å². The number of nitrogens with one attached hydrogen (secondary N) is 1. The second-order valence-corrected chi connectivity index (χ2v) is 11.0. The molecule has 5 rings (SSSR count). The maximum Gasteiger partial charge on any atom is 0.274 e. The van der Waals surface area contributed by atoms with Gasteiger partial charge in [-0.15, -0.1) is 0 Å². The van der Waals surface area contributed by atoms with E-state index in [1.54, 1.807) is 50.4 Å². The number of benzene rings is 2. The zero-order valence-electron chi connectivity index (χ0n) is 25.5. The van der Waals surface area contributed by atoms with Gasteiger partial charge in [0.1, 0.15) is 17.3 Å². The van der Waals surface area contributed by atoms with Crippen molar-refractivity contribution in [3.8, 4) is 16.9 Å². The summed E-state index contributed by atoms with van der Waals surface area (Å²) in [7, 11) is 8.89. The highest BCUT2D eigenvalue weighted by Gasteiger charge is 2.28. The van der Waals surface area contributed by atoms with Gasteiger partial charge >= 0.3 is 0 Å². The molecule has 0 fully saturated rings. The third-order valence-electron chi connectivity index (χ3n) is 7.64. The summed E-state index contributed by atoms with van der Waals surface area (Å²) in [5, 5.41) is 13.6. The van der Waals surface area contributed by atoms with Crippen molar-refractivity contribution in [3.63, 3.8) is 0 Å². The van der Waals surface area contributed by atoms with Crippen molar-refractivity contribution in [1.82, 2.24) is 14.5 Å². The van der Waals surface area contributed by atoms with Crippen LogP contribution in [0.15, 0.2) is 71.8 Å². The molecule has 2 aromatic carbocycles. The molecule has 2 amide bonds. The summed E-state index contributed by atoms with van der Waals surface area (Å²) in [5.41, 5.74) is 5.31. The number of fused-ring (bicyclic) bond motifs is 1. The third kappa shape index (κ3) is 6.13. The van der Waals surface area contributed by atoms with Crippen LogP contribution in [-0.4, -0.2) is 72.7 Å². The summed E-state index contributed by atoms with van der Waals surface area (Å²) in [6, 6.07) is 16.4. The average Bonchev–Trinajstić information content (AvgIpc) is 3.02. The van der Waals surface area contributed by atoms with Gasteiger partial charge in [0.15, 0.2) is 6.61 Å². The minimum absolute atomic E-state index is 0.108. The molecule has 0 spiro atoms. The molecule has 1 aliphatic rings. The van der Waals surface area contributed by atoms with E-state index in [1.165, 1.54) is 15.7 Å². The lowest BCUT2D eigenvalue weighted by atomic mass is 9.94. The highest BCUT2D eigenvalue weighted by molar-refractivity contribution is 6.09. The highest BCUT2D eigenvalue weighted by atomic mass is 16.5. The van der Waals surface area contributed by atoms with E-state index in [2.05, 4.69) is 16.4 Å². The van der Waals surface area contributed by atoms with Gasteiger partial charge in [-0.3, -0.25) is 14.4 Å². The van der Waals surface area contributed by atoms with Crippen LogP contribution in [0.25, 0.3) is 11.1 Å². The van der Waals surface area contributed by atoms with Gasteiger partial charge in [0.2, 0.25) is 0 Å². The number of anilines is 4. The lowest BCUT2D eigenvalue weighted by Crippen LogP contribution is -2.38. The summed E-state index contributed by atoms with van der Waals surface area (Å²) in [6.07, 6.45) is 3.87. The number of rotatable bonds is 9. The molecule has 44 heavy (non-hydrogen) atoms. The van der Waals surface area contributed by atoms with Crippen LogP contribution in [0, 0.1) is 0 Å². The fraction of sp³-hybridized carbons (Fsp3) is 0.273. The molecule has 0 atom stereocenters. The predicted molar refractivity (Wildman–Crippen MR) is 171 cm³/mol. The lowest BCUT2D eigenvalue weighted by Gasteiger charge is -2.31. The standard InChI is InChI=1S/C33H36N6O5/c1-36(2)23-9-11-26-21(15-23)13-14-39(32(26)42)29-8-6-7-25(27(29)19-40)22-16-28(33(43)38(5)18-22)35-30-12-10-24(17-34-30)44-20-31(41)37(3)4/h6-12,15-18,40H,13-14,19-20H2,1-5H3,(H,34,35). The van der Waals surface area contributed by atoms with Gasteiger partial charge in [0.05, 0.1) is 18.5 Å². The molecule has 0 saturated heterocycles. The topological polar surface area (TPSA) is 120 Å². The van der Waals surface area contributed by atoms with Crippen molar-refractivity contribution in [1.29, 1.82) is 0 Å². The molecule has 228 valence electrons. The molecule has 1 aliphatic heterocycles. The van der Waals surface area contributed by atoms with Crippen LogP contribution in [-0.2, 0) is 24.9 Å². The molecular formula is C33H36N6O5. The summed E-state index contributed by atoms with van der Waals surface area (Å²) < 4.78 is 6.94. The Morgan fingerprint density at radius 2 is 1.84 bits per heavy atom. The van der Waals surface area contributed by atoms with Gasteiger partial charge in [-0.25, -0.2) is 4.98 Å². The van der Waals surface area contributed by atoms with Crippen LogP contribution in [0.1, 0.15) is 21.5 Å². The summed E-state index contributed by atoms with van der Waals surface area (Å²) in [6.45, 7) is 0.0732. The quantitative estimate of drug-likeness (QED) is 0.302. The number of aliphatic hydroxyl groups is 1. The number of carbonyl (C=O) groups is 2. The van der Waals surface area contributed by atoms with E-state index < -0.39 is 0 Å². The molecule has 11 nitrogen and oxygen atoms in total. The maximum absolute atomic E-state index is 13.6. The van der Waals surface area contributed by atoms with Crippen molar-refractivity contribution in [2.24, 2.45) is 7.05 Å². The minimum atomic E-state index is -0.299. The number of hydrogen-bond donors (Lipinski definition) is 2. The van der Waals surface area contributed by atoms with E-state index in [0.29, 0.717) is 52.5 Å². The van der Waals surface area contributed by atoms with Gasteiger partial charge < -0.3 is 34.4 Å². The Balaban J connectivity index is 1.43. The number of aromatic nitrogens is 2. The predicted octanol–water partition coefficient (Wildman–Crippen LogP) is 3.42. The molecule has 2 N–H and O–H groups in total. The van der Waals surface area contributed by atoms with Crippen molar-refractivity contribution in [2.45, 2.75) is 13.0 Å². The van der Waals surface area contributed by atoms with Gasteiger partial charge in [-0.2, -0.15) is 0 Å². The highest BCUT2D eigenvalue weighted by Crippen LogP contribution is 2.35. The number of hydrogen-bond acceptors (Lipinski definition) is 8. The lowest BCUT2D eigenvalue weighted by molar-refractivity contribution is -0.130. The second-order valence-electron chi connectivity index (χ2n) is 11.0. The summed E-state index contributed by atoms with van der Waals surface area (Å²) in [4.78, 5) is 48.0.